The number of nitrogen functional groups attached to an aromatic ring is 1. The van der Waals surface area contributed by atoms with Gasteiger partial charge < -0.3 is 27.5 Å². The third-order valence-electron chi connectivity index (χ3n) is 4.72. The lowest BCUT2D eigenvalue weighted by Gasteiger charge is -2.14. The number of nitrogens with one attached hydrogen (secondary N) is 2. The molecule has 0 spiro atoms. The van der Waals surface area contributed by atoms with E-state index in [1.54, 1.807) is 24.3 Å². The minimum Gasteiger partial charge on any atom is -0.493 e. The van der Waals surface area contributed by atoms with Crippen LogP contribution >= 0.6 is 0 Å². The van der Waals surface area contributed by atoms with Gasteiger partial charge in [-0.15, -0.1) is 10.2 Å². The maximum atomic E-state index is 14.6. The van der Waals surface area contributed by atoms with Crippen LogP contribution in [0.15, 0.2) is 62.2 Å². The molecule has 3 rings (SSSR count). The SMILES string of the molecule is [N-]=[N+]=NCCOc1cc(F)c(CNc2ccccc2C(=N)c2nc(N=NN)c(N)c(N=NN)n2)c(F)c1. The Labute approximate surface area is 207 Å². The van der Waals surface area contributed by atoms with Crippen LogP contribution in [0.1, 0.15) is 17.0 Å². The number of aromatic nitrogens is 2. The third kappa shape index (κ3) is 6.37. The van der Waals surface area contributed by atoms with Crippen molar-refractivity contribution in [1.29, 1.82) is 5.41 Å². The Kier molecular flexibility index (Phi) is 8.71. The molecule has 0 aliphatic carbocycles. The zero-order valence-electron chi connectivity index (χ0n) is 19.0. The summed E-state index contributed by atoms with van der Waals surface area (Å²) in [5.41, 5.74) is 14.2. The molecule has 1 heterocycles. The molecule has 2 aromatic carbocycles. The minimum absolute atomic E-state index is 0.0106. The van der Waals surface area contributed by atoms with Gasteiger partial charge in [-0.1, -0.05) is 33.8 Å². The molecule has 0 bridgehead atoms. The van der Waals surface area contributed by atoms with E-state index in [0.717, 1.165) is 12.1 Å². The van der Waals surface area contributed by atoms with Gasteiger partial charge in [-0.05, 0) is 11.6 Å². The Morgan fingerprint density at radius 2 is 1.70 bits per heavy atom. The number of nitrogens with two attached hydrogens (primary N) is 3. The molecule has 0 aliphatic heterocycles. The van der Waals surface area contributed by atoms with Crippen LogP contribution in [-0.4, -0.2) is 28.8 Å². The fraction of sp³-hybridized carbons (Fsp3) is 0.150. The van der Waals surface area contributed by atoms with Crippen LogP contribution in [0, 0.1) is 17.0 Å². The Hall–Kier alpha value is -5.44. The van der Waals surface area contributed by atoms with Gasteiger partial charge in [0.2, 0.25) is 11.6 Å². The lowest BCUT2D eigenvalue weighted by molar-refractivity contribution is 0.323. The summed E-state index contributed by atoms with van der Waals surface area (Å²) in [6.45, 7) is -0.286. The van der Waals surface area contributed by atoms with E-state index >= 15 is 0 Å². The molecule has 0 aliphatic rings. The zero-order valence-corrected chi connectivity index (χ0v) is 19.0. The van der Waals surface area contributed by atoms with Crippen molar-refractivity contribution < 1.29 is 13.5 Å². The number of hydrogen-bond acceptors (Lipinski definition) is 11. The minimum atomic E-state index is -0.853. The van der Waals surface area contributed by atoms with Crippen LogP contribution < -0.4 is 27.5 Å². The summed E-state index contributed by atoms with van der Waals surface area (Å²) in [4.78, 5) is 10.7. The number of para-hydroxylation sites is 1. The molecule has 15 nitrogen and oxygen atoms in total. The van der Waals surface area contributed by atoms with E-state index in [2.05, 4.69) is 46.0 Å². The predicted molar refractivity (Wildman–Crippen MR) is 129 cm³/mol. The predicted octanol–water partition coefficient (Wildman–Crippen LogP) is 3.97. The van der Waals surface area contributed by atoms with Gasteiger partial charge in [0.25, 0.3) is 0 Å². The van der Waals surface area contributed by atoms with Crippen LogP contribution in [0.2, 0.25) is 0 Å². The van der Waals surface area contributed by atoms with E-state index in [9.17, 15) is 8.78 Å². The number of rotatable bonds is 11. The quantitative estimate of drug-likeness (QED) is 0.0482. The normalized spacial score (nSPS) is 11.0. The van der Waals surface area contributed by atoms with E-state index in [0.29, 0.717) is 5.69 Å². The molecule has 0 radical (unpaired) electrons. The highest BCUT2D eigenvalue weighted by Crippen LogP contribution is 2.30. The smallest absolute Gasteiger partial charge is 0.205 e. The first-order valence-corrected chi connectivity index (χ1v) is 10.3. The molecule has 8 N–H and O–H groups in total. The summed E-state index contributed by atoms with van der Waals surface area (Å²) in [6.07, 6.45) is 0. The summed E-state index contributed by atoms with van der Waals surface area (Å²) in [7, 11) is 0. The zero-order chi connectivity index (χ0) is 26.8. The van der Waals surface area contributed by atoms with Crippen LogP contribution in [0.4, 0.5) is 31.8 Å². The summed E-state index contributed by atoms with van der Waals surface area (Å²) in [5.74, 6) is 7.96. The van der Waals surface area contributed by atoms with Crippen LogP contribution in [0.5, 0.6) is 5.75 Å². The van der Waals surface area contributed by atoms with Gasteiger partial charge in [-0.2, -0.15) is 0 Å². The fourth-order valence-corrected chi connectivity index (χ4v) is 3.06. The van der Waals surface area contributed by atoms with Gasteiger partial charge in [0.05, 0.1) is 13.2 Å². The molecular formula is C20H20F2N14O. The molecule has 0 amide bonds. The van der Waals surface area contributed by atoms with E-state index < -0.39 is 11.6 Å². The van der Waals surface area contributed by atoms with Gasteiger partial charge in [0.15, 0.2) is 5.82 Å². The summed E-state index contributed by atoms with van der Waals surface area (Å²) >= 11 is 0. The molecule has 0 unspecified atom stereocenters. The molecule has 190 valence electrons. The molecule has 3 aromatic rings. The number of azide groups is 1. The maximum absolute atomic E-state index is 14.6. The fourth-order valence-electron chi connectivity index (χ4n) is 3.06. The Morgan fingerprint density at radius 3 is 2.30 bits per heavy atom. The first-order chi connectivity index (χ1) is 17.9. The van der Waals surface area contributed by atoms with Crippen LogP contribution in [0.3, 0.4) is 0 Å². The Morgan fingerprint density at radius 1 is 1.08 bits per heavy atom. The van der Waals surface area contributed by atoms with E-state index in [4.69, 9.17) is 33.1 Å². The van der Waals surface area contributed by atoms with Gasteiger partial charge in [0.1, 0.15) is 28.8 Å². The molecule has 0 fully saturated rings. The molecular weight excluding hydrogens is 490 g/mol. The molecule has 0 saturated heterocycles. The molecule has 0 atom stereocenters. The van der Waals surface area contributed by atoms with Crippen LogP contribution in [0.25, 0.3) is 10.4 Å². The van der Waals surface area contributed by atoms with Crippen molar-refractivity contribution in [2.24, 2.45) is 37.5 Å². The van der Waals surface area contributed by atoms with Crippen LogP contribution in [-0.2, 0) is 6.54 Å². The molecule has 17 heteroatoms. The highest BCUT2D eigenvalue weighted by Gasteiger charge is 2.19. The standard InChI is InChI=1S/C20H20F2N14O/c21-13-7-10(37-6-5-29-34-25)8-14(22)12(13)9-28-15-4-2-1-3-11(15)16(23)18-30-19(32-35-26)17(24)20(31-18)33-36-27/h1-4,7-8,23,28H,5-6,9,24H2,(H4,26,27,30,31,32,33). The van der Waals surface area contributed by atoms with E-state index in [1.165, 1.54) is 0 Å². The summed E-state index contributed by atoms with van der Waals surface area (Å²) in [5, 5.41) is 28.3. The van der Waals surface area contributed by atoms with Gasteiger partial charge in [-0.25, -0.2) is 18.7 Å². The van der Waals surface area contributed by atoms with Crippen molar-refractivity contribution >= 4 is 28.7 Å². The van der Waals surface area contributed by atoms with E-state index in [-0.39, 0.29) is 65.4 Å². The second kappa shape index (κ2) is 12.3. The average Bonchev–Trinajstić information content (AvgIpc) is 2.88. The van der Waals surface area contributed by atoms with Gasteiger partial charge >= 0.3 is 0 Å². The van der Waals surface area contributed by atoms with Crippen molar-refractivity contribution in [2.75, 3.05) is 24.2 Å². The number of ether oxygens (including phenoxy) is 1. The molecule has 37 heavy (non-hydrogen) atoms. The van der Waals surface area contributed by atoms with E-state index in [1.807, 2.05) is 0 Å². The van der Waals surface area contributed by atoms with Crippen molar-refractivity contribution in [3.63, 3.8) is 0 Å². The number of nitrogens with zero attached hydrogens (tertiary/aromatic N) is 9. The molecule has 0 saturated carbocycles. The van der Waals surface area contributed by atoms with Crippen molar-refractivity contribution in [2.45, 2.75) is 6.54 Å². The lowest BCUT2D eigenvalue weighted by Crippen LogP contribution is -2.13. The average molecular weight is 510 g/mol. The first-order valence-electron chi connectivity index (χ1n) is 10.3. The second-order valence-corrected chi connectivity index (χ2v) is 6.98. The van der Waals surface area contributed by atoms with Gasteiger partial charge in [0, 0.05) is 40.4 Å². The molecule has 1 aromatic heterocycles. The maximum Gasteiger partial charge on any atom is 0.205 e. The van der Waals surface area contributed by atoms with Crippen molar-refractivity contribution in [3.05, 3.63) is 75.4 Å². The van der Waals surface area contributed by atoms with Crippen molar-refractivity contribution in [3.8, 4) is 5.75 Å². The second-order valence-electron chi connectivity index (χ2n) is 6.98. The number of halogens is 2. The highest BCUT2D eigenvalue weighted by molar-refractivity contribution is 6.12. The summed E-state index contributed by atoms with van der Waals surface area (Å²) in [6, 6.07) is 8.54. The Bertz CT molecular complexity index is 1350. The Balaban J connectivity index is 1.86. The highest BCUT2D eigenvalue weighted by atomic mass is 19.1. The third-order valence-corrected chi connectivity index (χ3v) is 4.72. The number of hydrogen-bond donors (Lipinski definition) is 5. The lowest BCUT2D eigenvalue weighted by atomic mass is 10.1. The topological polar surface area (TPSA) is 247 Å². The first kappa shape index (κ1) is 26.2. The van der Waals surface area contributed by atoms with Crippen molar-refractivity contribution in [1.82, 2.24) is 9.97 Å². The monoisotopic (exact) mass is 510 g/mol. The van der Waals surface area contributed by atoms with Gasteiger partial charge in [-0.3, -0.25) is 5.41 Å². The number of benzene rings is 2. The largest absolute Gasteiger partial charge is 0.493 e. The summed E-state index contributed by atoms with van der Waals surface area (Å²) < 4.78 is 34.4. The number of anilines is 2.